The van der Waals surface area contributed by atoms with Crippen molar-refractivity contribution in [1.82, 2.24) is 0 Å². The number of benzene rings is 3. The van der Waals surface area contributed by atoms with Gasteiger partial charge in [-0.05, 0) is 0 Å². The van der Waals surface area contributed by atoms with Gasteiger partial charge >= 0.3 is 198 Å². The standard InChI is InChI=1S/3C8H7.3W/c3*1-2-8-6-4-3-5-7-8;;;/h3*3-7H,2H2;;;/q3*-1;;;. The van der Waals surface area contributed by atoms with Crippen LogP contribution in [0.5, 0.6) is 0 Å². The van der Waals surface area contributed by atoms with Crippen LogP contribution in [0, 0.1) is 0 Å². The van der Waals surface area contributed by atoms with Crippen molar-refractivity contribution in [2.75, 3.05) is 0 Å². The molecule has 0 nitrogen and oxygen atoms in total. The van der Waals surface area contributed by atoms with Gasteiger partial charge in [0.15, 0.2) is 0 Å². The zero-order valence-electron chi connectivity index (χ0n) is 15.0. The number of rotatable bonds is 6. The molecule has 0 atom stereocenters. The molecule has 3 rings (SSSR count). The van der Waals surface area contributed by atoms with Crippen molar-refractivity contribution in [3.05, 3.63) is 108 Å². The minimum absolute atomic E-state index is 0.996. The molecule has 0 fully saturated rings. The molecule has 3 heteroatoms. The van der Waals surface area contributed by atoms with Gasteiger partial charge in [0.2, 0.25) is 0 Å². The molecule has 0 spiro atoms. The Hall–Kier alpha value is -0.665. The molecule has 0 saturated carbocycles. The van der Waals surface area contributed by atoms with Crippen molar-refractivity contribution in [2.45, 2.75) is 19.3 Å². The van der Waals surface area contributed by atoms with E-state index in [-0.39, 0.29) is 0 Å². The first-order valence-electron chi connectivity index (χ1n) is 8.47. The Balaban J connectivity index is 0.000000202. The second-order valence-corrected chi connectivity index (χ2v) is 8.53. The average molecular weight is 861 g/mol. The van der Waals surface area contributed by atoms with Crippen LogP contribution in [0.4, 0.5) is 0 Å². The van der Waals surface area contributed by atoms with E-state index in [1.54, 1.807) is 0 Å². The molecule has 0 heterocycles. The van der Waals surface area contributed by atoms with E-state index in [0.29, 0.717) is 0 Å². The van der Waals surface area contributed by atoms with Crippen molar-refractivity contribution in [2.24, 2.45) is 0 Å². The molecule has 0 N–H and O–H groups in total. The molecule has 0 aliphatic rings. The van der Waals surface area contributed by atoms with Crippen LogP contribution >= 0.6 is 0 Å². The topological polar surface area (TPSA) is 0 Å². The van der Waals surface area contributed by atoms with Gasteiger partial charge in [0.25, 0.3) is 0 Å². The predicted octanol–water partition coefficient (Wildman–Crippen LogP) is 4.37. The van der Waals surface area contributed by atoms with Gasteiger partial charge in [0.1, 0.15) is 0 Å². The molecule has 0 saturated heterocycles. The molecule has 0 aliphatic carbocycles. The Morgan fingerprint density at radius 1 is 0.407 bits per heavy atom. The first-order valence-corrected chi connectivity index (χ1v) is 12.9. The summed E-state index contributed by atoms with van der Waals surface area (Å²) < 4.78 is 9.50. The summed E-state index contributed by atoms with van der Waals surface area (Å²) in [4.78, 5) is 0. The molecule has 0 aromatic heterocycles. The predicted molar refractivity (Wildman–Crippen MR) is 105 cm³/mol. The minimum atomic E-state index is 0.996. The fourth-order valence-corrected chi connectivity index (χ4v) is 3.83. The summed E-state index contributed by atoms with van der Waals surface area (Å²) in [5.74, 6) is 0. The monoisotopic (exact) mass is 861 g/mol. The summed E-state index contributed by atoms with van der Waals surface area (Å²) in [5.41, 5.74) is 4.06. The van der Waals surface area contributed by atoms with E-state index in [1.807, 2.05) is 18.2 Å². The summed E-state index contributed by atoms with van der Waals surface area (Å²) >= 11 is 4.27. The normalized spacial score (nSPS) is 8.89. The Kier molecular flexibility index (Phi) is 15.7. The van der Waals surface area contributed by atoms with Crippen LogP contribution in [-0.2, 0) is 77.3 Å². The van der Waals surface area contributed by atoms with E-state index < -0.39 is 0 Å². The van der Waals surface area contributed by atoms with Gasteiger partial charge in [0.05, 0.1) is 0 Å². The Morgan fingerprint density at radius 2 is 0.630 bits per heavy atom. The second-order valence-electron chi connectivity index (χ2n) is 5.42. The molecule has 0 radical (unpaired) electrons. The Morgan fingerprint density at radius 3 is 0.815 bits per heavy atom. The van der Waals surface area contributed by atoms with Crippen LogP contribution in [0.3, 0.4) is 0 Å². The average Bonchev–Trinajstić information content (AvgIpc) is 2.72. The summed E-state index contributed by atoms with van der Waals surface area (Å²) in [6.07, 6.45) is 2.99. The van der Waals surface area contributed by atoms with Gasteiger partial charge in [-0.3, -0.25) is 0 Å². The van der Waals surface area contributed by atoms with Gasteiger partial charge in [-0.2, -0.15) is 0 Å². The van der Waals surface area contributed by atoms with Gasteiger partial charge in [-0.1, -0.05) is 0 Å². The van der Waals surface area contributed by atoms with Crippen LogP contribution in [0.25, 0.3) is 0 Å². The van der Waals surface area contributed by atoms with Crippen LogP contribution in [0.1, 0.15) is 16.7 Å². The van der Waals surface area contributed by atoms with E-state index in [1.165, 1.54) is 74.8 Å². The van der Waals surface area contributed by atoms with Gasteiger partial charge in [-0.15, -0.1) is 0 Å². The molecule has 3 aromatic carbocycles. The Bertz CT molecular complexity index is 645. The fourth-order valence-electron chi connectivity index (χ4n) is 2.04. The summed E-state index contributed by atoms with van der Waals surface area (Å²) in [6.45, 7) is 0. The molecule has 0 amide bonds. The first-order chi connectivity index (χ1) is 13.3. The summed E-state index contributed by atoms with van der Waals surface area (Å²) in [7, 11) is 0. The maximum atomic E-state index is 3.17. The van der Waals surface area contributed by atoms with Crippen LogP contribution in [-0.4, -0.2) is 13.2 Å². The van der Waals surface area contributed by atoms with E-state index in [0.717, 1.165) is 19.3 Å². The second kappa shape index (κ2) is 17.4. The van der Waals surface area contributed by atoms with E-state index in [2.05, 4.69) is 86.0 Å². The van der Waals surface area contributed by atoms with Crippen molar-refractivity contribution in [1.29, 1.82) is 0 Å². The third-order valence-corrected chi connectivity index (χ3v) is 4.91. The fraction of sp³-hybridized carbons (Fsp3) is 0.125. The molecule has 0 bridgehead atoms. The zero-order chi connectivity index (χ0) is 19.6. The molecule has 0 aliphatic heterocycles. The quantitative estimate of drug-likeness (QED) is 0.324. The van der Waals surface area contributed by atoms with Crippen LogP contribution < -0.4 is 0 Å². The molecule has 138 valence electrons. The molecular formula is C24H21W3-3. The first kappa shape index (κ1) is 24.4. The zero-order valence-corrected chi connectivity index (χ0v) is 23.8. The van der Waals surface area contributed by atoms with Crippen molar-refractivity contribution < 1.29 is 58.1 Å². The SMILES string of the molecule is [W]=[C-]Cc1ccccc1.[W]=[C-]Cc1ccccc1.[W]=[C-]Cc1ccccc1. The Labute approximate surface area is 196 Å². The number of hydrogen-bond donors (Lipinski definition) is 0. The van der Waals surface area contributed by atoms with Gasteiger partial charge in [-0.25, -0.2) is 0 Å². The van der Waals surface area contributed by atoms with Crippen LogP contribution in [0.15, 0.2) is 91.0 Å². The third kappa shape index (κ3) is 13.2. The number of hydrogen-bond acceptors (Lipinski definition) is 0. The third-order valence-electron chi connectivity index (χ3n) is 3.36. The van der Waals surface area contributed by atoms with E-state index in [9.17, 15) is 0 Å². The maximum absolute atomic E-state index is 3.17. The van der Waals surface area contributed by atoms with Gasteiger partial charge in [0, 0.05) is 0 Å². The molecule has 27 heavy (non-hydrogen) atoms. The summed E-state index contributed by atoms with van der Waals surface area (Å²) in [6, 6.07) is 31.2. The van der Waals surface area contributed by atoms with Crippen molar-refractivity contribution in [3.8, 4) is 0 Å². The van der Waals surface area contributed by atoms with Crippen LogP contribution in [0.2, 0.25) is 0 Å². The molecule has 0 unspecified atom stereocenters. The van der Waals surface area contributed by atoms with Crippen molar-refractivity contribution in [3.63, 3.8) is 0 Å². The molecule has 3 aromatic rings. The summed E-state index contributed by atoms with van der Waals surface area (Å²) in [5, 5.41) is 0. The van der Waals surface area contributed by atoms with E-state index in [4.69, 9.17) is 0 Å². The van der Waals surface area contributed by atoms with Gasteiger partial charge < -0.3 is 0 Å². The molecular weight excluding hydrogens is 840 g/mol. The van der Waals surface area contributed by atoms with E-state index >= 15 is 0 Å². The van der Waals surface area contributed by atoms with Crippen molar-refractivity contribution >= 4 is 13.2 Å².